The van der Waals surface area contributed by atoms with Gasteiger partial charge in [-0.25, -0.2) is 4.99 Å². The number of hydrogen-bond acceptors (Lipinski definition) is 3. The first-order chi connectivity index (χ1) is 14.5. The number of nitrogens with one attached hydrogen (secondary N) is 2. The molecular weight excluding hydrogens is 374 g/mol. The molecule has 0 radical (unpaired) electrons. The number of rotatable bonds is 8. The molecule has 0 fully saturated rings. The molecule has 0 aliphatic carbocycles. The van der Waals surface area contributed by atoms with Crippen LogP contribution in [0.15, 0.2) is 47.7 Å². The molecule has 3 aromatic rings. The van der Waals surface area contributed by atoms with Gasteiger partial charge >= 0.3 is 0 Å². The summed E-state index contributed by atoms with van der Waals surface area (Å²) in [6, 6.07) is 10.6. The SMILES string of the molecule is CCNC(=NCc1ccccc1Cn1cccn1)NC(C)Cc1c(C)nn(C)c1C. The van der Waals surface area contributed by atoms with Crippen LogP contribution in [-0.4, -0.2) is 38.1 Å². The van der Waals surface area contributed by atoms with Crippen LogP contribution in [0.1, 0.15) is 41.9 Å². The van der Waals surface area contributed by atoms with Crippen molar-refractivity contribution in [2.75, 3.05) is 6.54 Å². The third kappa shape index (κ3) is 5.49. The summed E-state index contributed by atoms with van der Waals surface area (Å²) < 4.78 is 3.89. The maximum absolute atomic E-state index is 4.85. The van der Waals surface area contributed by atoms with E-state index in [-0.39, 0.29) is 6.04 Å². The van der Waals surface area contributed by atoms with E-state index < -0.39 is 0 Å². The lowest BCUT2D eigenvalue weighted by molar-refractivity contribution is 0.635. The van der Waals surface area contributed by atoms with Crippen molar-refractivity contribution in [3.63, 3.8) is 0 Å². The minimum Gasteiger partial charge on any atom is -0.357 e. The van der Waals surface area contributed by atoms with Crippen LogP contribution in [0.3, 0.4) is 0 Å². The van der Waals surface area contributed by atoms with Gasteiger partial charge in [-0.05, 0) is 56.9 Å². The van der Waals surface area contributed by atoms with Crippen molar-refractivity contribution in [3.8, 4) is 0 Å². The van der Waals surface area contributed by atoms with Gasteiger partial charge in [0, 0.05) is 37.7 Å². The van der Waals surface area contributed by atoms with Crippen molar-refractivity contribution in [3.05, 3.63) is 70.8 Å². The van der Waals surface area contributed by atoms with E-state index in [1.165, 1.54) is 22.4 Å². The molecule has 2 aromatic heterocycles. The standard InChI is InChI=1S/C23H33N7/c1-6-24-23(27-17(2)14-22-18(3)28-29(5)19(22)4)25-15-20-10-7-8-11-21(20)16-30-13-9-12-26-30/h7-13,17H,6,14-16H2,1-5H3,(H2,24,25,27). The zero-order valence-corrected chi connectivity index (χ0v) is 18.7. The summed E-state index contributed by atoms with van der Waals surface area (Å²) in [6.07, 6.45) is 4.70. The molecule has 160 valence electrons. The van der Waals surface area contributed by atoms with Crippen LogP contribution in [0.5, 0.6) is 0 Å². The topological polar surface area (TPSA) is 72.1 Å². The van der Waals surface area contributed by atoms with Crippen molar-refractivity contribution in [1.82, 2.24) is 30.2 Å². The highest BCUT2D eigenvalue weighted by atomic mass is 15.3. The van der Waals surface area contributed by atoms with Gasteiger partial charge in [0.2, 0.25) is 0 Å². The van der Waals surface area contributed by atoms with E-state index in [1.54, 1.807) is 6.20 Å². The Morgan fingerprint density at radius 1 is 1.17 bits per heavy atom. The first-order valence-corrected chi connectivity index (χ1v) is 10.6. The molecule has 0 saturated heterocycles. The lowest BCUT2D eigenvalue weighted by Crippen LogP contribution is -2.43. The molecule has 7 heteroatoms. The smallest absolute Gasteiger partial charge is 0.191 e. The van der Waals surface area contributed by atoms with Crippen molar-refractivity contribution >= 4 is 5.96 Å². The van der Waals surface area contributed by atoms with Gasteiger partial charge in [-0.15, -0.1) is 0 Å². The third-order valence-electron chi connectivity index (χ3n) is 5.31. The number of aryl methyl sites for hydroxylation is 2. The number of nitrogens with zero attached hydrogens (tertiary/aromatic N) is 5. The number of benzene rings is 1. The van der Waals surface area contributed by atoms with Gasteiger partial charge < -0.3 is 10.6 Å². The second kappa shape index (κ2) is 10.1. The van der Waals surface area contributed by atoms with Gasteiger partial charge in [-0.2, -0.15) is 10.2 Å². The fourth-order valence-corrected chi connectivity index (χ4v) is 3.62. The Morgan fingerprint density at radius 2 is 1.93 bits per heavy atom. The Hall–Kier alpha value is -3.09. The first-order valence-electron chi connectivity index (χ1n) is 10.6. The Morgan fingerprint density at radius 3 is 2.57 bits per heavy atom. The molecule has 0 saturated carbocycles. The first kappa shape index (κ1) is 21.6. The summed E-state index contributed by atoms with van der Waals surface area (Å²) in [6.45, 7) is 10.7. The molecule has 2 heterocycles. The van der Waals surface area contributed by atoms with Crippen molar-refractivity contribution in [2.45, 2.75) is 53.2 Å². The molecule has 0 bridgehead atoms. The van der Waals surface area contributed by atoms with Crippen molar-refractivity contribution in [2.24, 2.45) is 12.0 Å². The van der Waals surface area contributed by atoms with E-state index >= 15 is 0 Å². The minimum atomic E-state index is 0.240. The molecule has 1 aromatic carbocycles. The summed E-state index contributed by atoms with van der Waals surface area (Å²) in [4.78, 5) is 4.85. The highest BCUT2D eigenvalue weighted by Crippen LogP contribution is 2.14. The van der Waals surface area contributed by atoms with Crippen LogP contribution >= 0.6 is 0 Å². The lowest BCUT2D eigenvalue weighted by atomic mass is 10.1. The summed E-state index contributed by atoms with van der Waals surface area (Å²) in [7, 11) is 2.00. The van der Waals surface area contributed by atoms with Crippen LogP contribution in [0.2, 0.25) is 0 Å². The molecular formula is C23H33N7. The van der Waals surface area contributed by atoms with Gasteiger partial charge in [0.1, 0.15) is 0 Å². The van der Waals surface area contributed by atoms with Crippen molar-refractivity contribution in [1.29, 1.82) is 0 Å². The zero-order valence-electron chi connectivity index (χ0n) is 18.7. The summed E-state index contributed by atoms with van der Waals surface area (Å²) in [5, 5.41) is 15.8. The van der Waals surface area contributed by atoms with Crippen LogP contribution in [0.4, 0.5) is 0 Å². The number of aliphatic imine (C=N–C) groups is 1. The predicted octanol–water partition coefficient (Wildman–Crippen LogP) is 2.97. The number of aromatic nitrogens is 4. The fourth-order valence-electron chi connectivity index (χ4n) is 3.62. The third-order valence-corrected chi connectivity index (χ3v) is 5.31. The highest BCUT2D eigenvalue weighted by molar-refractivity contribution is 5.80. The molecule has 1 atom stereocenters. The molecule has 0 amide bonds. The second-order valence-electron chi connectivity index (χ2n) is 7.69. The molecule has 2 N–H and O–H groups in total. The number of hydrogen-bond donors (Lipinski definition) is 2. The van der Waals surface area contributed by atoms with E-state index in [0.29, 0.717) is 6.54 Å². The van der Waals surface area contributed by atoms with Gasteiger partial charge in [0.15, 0.2) is 5.96 Å². The Kier molecular flexibility index (Phi) is 7.27. The van der Waals surface area contributed by atoms with Gasteiger partial charge in [-0.3, -0.25) is 9.36 Å². The molecule has 0 aliphatic heterocycles. The second-order valence-corrected chi connectivity index (χ2v) is 7.69. The molecule has 7 nitrogen and oxygen atoms in total. The van der Waals surface area contributed by atoms with Crippen molar-refractivity contribution < 1.29 is 0 Å². The van der Waals surface area contributed by atoms with E-state index in [4.69, 9.17) is 4.99 Å². The summed E-state index contributed by atoms with van der Waals surface area (Å²) >= 11 is 0. The average molecular weight is 408 g/mol. The maximum Gasteiger partial charge on any atom is 0.191 e. The minimum absolute atomic E-state index is 0.240. The quantitative estimate of drug-likeness (QED) is 0.445. The molecule has 0 aliphatic rings. The Labute approximate surface area is 179 Å². The monoisotopic (exact) mass is 407 g/mol. The molecule has 1 unspecified atom stereocenters. The fraction of sp³-hybridized carbons (Fsp3) is 0.435. The van der Waals surface area contributed by atoms with E-state index in [1.807, 2.05) is 28.7 Å². The van der Waals surface area contributed by atoms with Gasteiger partial charge in [0.25, 0.3) is 0 Å². The average Bonchev–Trinajstić information content (AvgIpc) is 3.31. The Bertz CT molecular complexity index is 970. The molecule has 3 rings (SSSR count). The lowest BCUT2D eigenvalue weighted by Gasteiger charge is -2.18. The largest absolute Gasteiger partial charge is 0.357 e. The van der Waals surface area contributed by atoms with Gasteiger partial charge in [-0.1, -0.05) is 24.3 Å². The number of guanidine groups is 1. The molecule has 0 spiro atoms. The van der Waals surface area contributed by atoms with E-state index in [2.05, 4.69) is 72.8 Å². The van der Waals surface area contributed by atoms with Crippen LogP contribution in [-0.2, 0) is 26.6 Å². The van der Waals surface area contributed by atoms with E-state index in [0.717, 1.165) is 31.2 Å². The predicted molar refractivity (Wildman–Crippen MR) is 122 cm³/mol. The van der Waals surface area contributed by atoms with E-state index in [9.17, 15) is 0 Å². The maximum atomic E-state index is 4.85. The summed E-state index contributed by atoms with van der Waals surface area (Å²) in [5.74, 6) is 0.832. The van der Waals surface area contributed by atoms with Crippen LogP contribution in [0, 0.1) is 13.8 Å². The Balaban J connectivity index is 1.69. The van der Waals surface area contributed by atoms with Gasteiger partial charge in [0.05, 0.1) is 18.8 Å². The molecule has 30 heavy (non-hydrogen) atoms. The normalized spacial score (nSPS) is 12.8. The van der Waals surface area contributed by atoms with Crippen LogP contribution in [0.25, 0.3) is 0 Å². The summed E-state index contributed by atoms with van der Waals surface area (Å²) in [5.41, 5.74) is 6.05. The zero-order chi connectivity index (χ0) is 21.5. The van der Waals surface area contributed by atoms with Crippen LogP contribution < -0.4 is 10.6 Å². The highest BCUT2D eigenvalue weighted by Gasteiger charge is 2.14.